The lowest BCUT2D eigenvalue weighted by Gasteiger charge is -2.38. The van der Waals surface area contributed by atoms with Crippen LogP contribution in [0.3, 0.4) is 0 Å². The third-order valence-corrected chi connectivity index (χ3v) is 15.8. The van der Waals surface area contributed by atoms with E-state index in [2.05, 4.69) is 127 Å². The van der Waals surface area contributed by atoms with E-state index in [0.717, 1.165) is 86.7 Å². The zero-order valence-corrected chi connectivity index (χ0v) is 45.5. The number of hydrogen-bond donors (Lipinski definition) is 2. The second kappa shape index (κ2) is 26.0. The van der Waals surface area contributed by atoms with Crippen LogP contribution >= 0.6 is 0 Å². The summed E-state index contributed by atoms with van der Waals surface area (Å²) in [6.07, 6.45) is 12.9. The number of pyridine rings is 2. The van der Waals surface area contributed by atoms with Crippen molar-refractivity contribution in [1.29, 1.82) is 0 Å². The SMILES string of the molecule is CC1(C)CC[C@H](C=O)N1Cc1ccccc1.CC1(C)CC[C@H]([C@@H](O)c2cncc(OCc3ccccc3)c2)N1Cc1ccccc1.CC1(C)CC[C@H]([C@H](O)c2cncc(OCc3ccccc3)c2)N1Cc1ccccc1. The maximum absolute atomic E-state index is 11.3. The van der Waals surface area contributed by atoms with E-state index in [1.807, 2.05) is 103 Å². The van der Waals surface area contributed by atoms with Crippen LogP contribution in [0.5, 0.6) is 11.5 Å². The molecule has 10 nitrogen and oxygen atoms in total. The van der Waals surface area contributed by atoms with E-state index < -0.39 is 12.2 Å². The van der Waals surface area contributed by atoms with Crippen molar-refractivity contribution in [2.45, 2.75) is 160 Å². The molecule has 10 rings (SSSR count). The molecule has 2 N–H and O–H groups in total. The minimum atomic E-state index is -0.608. The summed E-state index contributed by atoms with van der Waals surface area (Å²) in [6, 6.07) is 55.5. The standard InChI is InChI=1S/2C26H30N2O2.C14H19NO/c2*1-26(2)14-13-24(28(26)18-20-9-5-3-6-10-20)25(29)22-15-23(17-27-16-22)30-19-21-11-7-4-8-12-21;1-14(2)9-8-13(11-16)15(14)10-12-6-4-3-5-7-12/h2*3-12,15-17,24-25,29H,13-14,18-19H2,1-2H3;3-7,11,13H,8-10H2,1-2H3/t24-,25+;24-,25-;13-/m111/s1. The second-order valence-corrected chi connectivity index (χ2v) is 22.6. The molecule has 3 saturated heterocycles. The number of aromatic nitrogens is 2. The molecule has 7 aromatic rings. The van der Waals surface area contributed by atoms with E-state index in [4.69, 9.17) is 9.47 Å². The van der Waals surface area contributed by atoms with Crippen molar-refractivity contribution in [3.8, 4) is 11.5 Å². The smallest absolute Gasteiger partial charge is 0.138 e. The van der Waals surface area contributed by atoms with Crippen molar-refractivity contribution in [2.24, 2.45) is 0 Å². The van der Waals surface area contributed by atoms with Gasteiger partial charge in [0, 0.05) is 71.9 Å². The Kier molecular flexibility index (Phi) is 19.1. The molecule has 398 valence electrons. The Morgan fingerprint density at radius 3 is 1.14 bits per heavy atom. The fraction of sp³-hybridized carbons (Fsp3) is 0.379. The molecule has 5 atom stereocenters. The maximum Gasteiger partial charge on any atom is 0.138 e. The lowest BCUT2D eigenvalue weighted by atomic mass is 10.0. The molecule has 0 unspecified atom stereocenters. The summed E-state index contributed by atoms with van der Waals surface area (Å²) >= 11 is 0. The van der Waals surface area contributed by atoms with Crippen LogP contribution in [0.4, 0.5) is 0 Å². The van der Waals surface area contributed by atoms with Crippen LogP contribution in [-0.2, 0) is 37.6 Å². The fourth-order valence-corrected chi connectivity index (χ4v) is 11.2. The Hall–Kier alpha value is -6.53. The average Bonchev–Trinajstić information content (AvgIpc) is 4.03. The van der Waals surface area contributed by atoms with Crippen LogP contribution in [0.2, 0.25) is 0 Å². The Balaban J connectivity index is 0.000000158. The number of rotatable bonds is 17. The number of aliphatic hydroxyl groups is 2. The molecule has 0 spiro atoms. The van der Waals surface area contributed by atoms with E-state index in [1.54, 1.807) is 24.8 Å². The molecular formula is C66H79N5O5. The van der Waals surface area contributed by atoms with Gasteiger partial charge in [-0.2, -0.15) is 0 Å². The van der Waals surface area contributed by atoms with Gasteiger partial charge in [-0.25, -0.2) is 0 Å². The molecule has 2 aromatic heterocycles. The summed E-state index contributed by atoms with van der Waals surface area (Å²) < 4.78 is 11.8. The Morgan fingerprint density at radius 2 is 0.789 bits per heavy atom. The zero-order chi connectivity index (χ0) is 53.5. The first-order valence-corrected chi connectivity index (χ1v) is 27.2. The highest BCUT2D eigenvalue weighted by atomic mass is 16.5. The van der Waals surface area contributed by atoms with Gasteiger partial charge in [0.15, 0.2) is 0 Å². The van der Waals surface area contributed by atoms with E-state index in [0.29, 0.717) is 24.7 Å². The van der Waals surface area contributed by atoms with Crippen molar-refractivity contribution in [2.75, 3.05) is 0 Å². The molecule has 3 aliphatic heterocycles. The van der Waals surface area contributed by atoms with Crippen molar-refractivity contribution < 1.29 is 24.5 Å². The third-order valence-electron chi connectivity index (χ3n) is 15.8. The zero-order valence-electron chi connectivity index (χ0n) is 45.5. The van der Waals surface area contributed by atoms with Crippen LogP contribution in [0, 0.1) is 0 Å². The number of hydrogen-bond acceptors (Lipinski definition) is 10. The molecule has 3 aliphatic rings. The van der Waals surface area contributed by atoms with Gasteiger partial charge in [0.05, 0.1) is 30.6 Å². The van der Waals surface area contributed by atoms with Gasteiger partial charge >= 0.3 is 0 Å². The number of nitrogens with zero attached hydrogens (tertiary/aromatic N) is 5. The molecule has 10 heteroatoms. The summed E-state index contributed by atoms with van der Waals surface area (Å²) in [6.45, 7) is 17.0. The van der Waals surface area contributed by atoms with Gasteiger partial charge in [-0.3, -0.25) is 24.7 Å². The molecule has 5 heterocycles. The number of aldehydes is 1. The predicted octanol–water partition coefficient (Wildman–Crippen LogP) is 12.9. The molecule has 76 heavy (non-hydrogen) atoms. The quantitative estimate of drug-likeness (QED) is 0.0856. The summed E-state index contributed by atoms with van der Waals surface area (Å²) in [7, 11) is 0. The van der Waals surface area contributed by atoms with Gasteiger partial charge < -0.3 is 24.5 Å². The van der Waals surface area contributed by atoms with Crippen LogP contribution in [0.1, 0.15) is 131 Å². The van der Waals surface area contributed by atoms with Gasteiger partial charge in [-0.1, -0.05) is 152 Å². The van der Waals surface area contributed by atoms with Crippen LogP contribution in [0.25, 0.3) is 0 Å². The molecule has 0 radical (unpaired) electrons. The van der Waals surface area contributed by atoms with Crippen molar-refractivity contribution in [3.05, 3.63) is 228 Å². The Morgan fingerprint density at radius 1 is 0.474 bits per heavy atom. The highest BCUT2D eigenvalue weighted by Gasteiger charge is 2.44. The summed E-state index contributed by atoms with van der Waals surface area (Å²) in [5.74, 6) is 1.37. The molecule has 0 aliphatic carbocycles. The molecule has 0 amide bonds. The first-order chi connectivity index (χ1) is 36.7. The molecule has 5 aromatic carbocycles. The minimum Gasteiger partial charge on any atom is -0.487 e. The topological polar surface area (TPSA) is 111 Å². The van der Waals surface area contributed by atoms with Crippen LogP contribution in [-0.4, -0.2) is 75.9 Å². The largest absolute Gasteiger partial charge is 0.487 e. The molecule has 3 fully saturated rings. The predicted molar refractivity (Wildman–Crippen MR) is 303 cm³/mol. The van der Waals surface area contributed by atoms with Gasteiger partial charge in [0.25, 0.3) is 0 Å². The average molecular weight is 1020 g/mol. The Bertz CT molecular complexity index is 2680. The number of ether oxygens (including phenoxy) is 2. The van der Waals surface area contributed by atoms with Gasteiger partial charge in [-0.15, -0.1) is 0 Å². The summed E-state index contributed by atoms with van der Waals surface area (Å²) in [5.41, 5.74) is 7.86. The third kappa shape index (κ3) is 14.9. The second-order valence-electron chi connectivity index (χ2n) is 22.6. The van der Waals surface area contributed by atoms with Crippen molar-refractivity contribution in [1.82, 2.24) is 24.7 Å². The summed E-state index contributed by atoms with van der Waals surface area (Å²) in [4.78, 5) is 26.9. The number of benzene rings is 5. The molecular weight excluding hydrogens is 943 g/mol. The highest BCUT2D eigenvalue weighted by Crippen LogP contribution is 2.42. The van der Waals surface area contributed by atoms with Crippen LogP contribution in [0.15, 0.2) is 189 Å². The van der Waals surface area contributed by atoms with Crippen LogP contribution < -0.4 is 9.47 Å². The van der Waals surface area contributed by atoms with Gasteiger partial charge in [0.2, 0.25) is 0 Å². The van der Waals surface area contributed by atoms with Gasteiger partial charge in [0.1, 0.15) is 31.0 Å². The first-order valence-electron chi connectivity index (χ1n) is 27.2. The molecule has 0 saturated carbocycles. The van der Waals surface area contributed by atoms with E-state index >= 15 is 0 Å². The Labute approximate surface area is 452 Å². The number of carbonyl (C=O) groups excluding carboxylic acids is 1. The first kappa shape index (κ1) is 55.7. The normalized spacial score (nSPS) is 20.6. The highest BCUT2D eigenvalue weighted by molar-refractivity contribution is 5.58. The lowest BCUT2D eigenvalue weighted by molar-refractivity contribution is -0.112. The monoisotopic (exact) mass is 1020 g/mol. The van der Waals surface area contributed by atoms with E-state index in [-0.39, 0.29) is 34.7 Å². The van der Waals surface area contributed by atoms with Crippen molar-refractivity contribution >= 4 is 6.29 Å². The molecule has 0 bridgehead atoms. The number of aliphatic hydroxyl groups excluding tert-OH is 2. The number of carbonyl (C=O) groups is 1. The van der Waals surface area contributed by atoms with Gasteiger partial charge in [-0.05, 0) is 120 Å². The minimum absolute atomic E-state index is 0.0380. The van der Waals surface area contributed by atoms with E-state index in [1.165, 1.54) is 16.7 Å². The maximum atomic E-state index is 11.3. The lowest BCUT2D eigenvalue weighted by Crippen LogP contribution is -2.44. The summed E-state index contributed by atoms with van der Waals surface area (Å²) in [5, 5.41) is 22.5. The van der Waals surface area contributed by atoms with E-state index in [9.17, 15) is 15.0 Å². The number of likely N-dealkylation sites (tertiary alicyclic amines) is 3. The van der Waals surface area contributed by atoms with Crippen molar-refractivity contribution in [3.63, 3.8) is 0 Å². The fourth-order valence-electron chi connectivity index (χ4n) is 11.2.